The first-order valence-corrected chi connectivity index (χ1v) is 4.33. The maximum Gasteiger partial charge on any atom is 0.302 e. The molecule has 0 saturated heterocycles. The number of aliphatic hydroxyl groups is 1. The summed E-state index contributed by atoms with van der Waals surface area (Å²) in [4.78, 5) is 12.1. The van der Waals surface area contributed by atoms with Gasteiger partial charge in [-0.05, 0) is 21.1 Å². The molecule has 1 unspecified atom stereocenters. The highest BCUT2D eigenvalue weighted by atomic mass is 35.5. The predicted octanol–water partition coefficient (Wildman–Crippen LogP) is 0.327. The molecule has 13 heavy (non-hydrogen) atoms. The van der Waals surface area contributed by atoms with Crippen molar-refractivity contribution in [1.29, 1.82) is 0 Å². The zero-order valence-corrected chi connectivity index (χ0v) is 9.34. The number of esters is 1. The first kappa shape index (κ1) is 15.2. The largest absolute Gasteiger partial charge is 0.464 e. The highest BCUT2D eigenvalue weighted by Crippen LogP contribution is 1.93. The fraction of sp³-hybridized carbons (Fsp3) is 0.875. The number of halogens is 1. The highest BCUT2D eigenvalue weighted by Gasteiger charge is 2.02. The van der Waals surface area contributed by atoms with Crippen LogP contribution in [0.25, 0.3) is 0 Å². The van der Waals surface area contributed by atoms with E-state index in [9.17, 15) is 4.79 Å². The van der Waals surface area contributed by atoms with Crippen LogP contribution in [0.1, 0.15) is 6.92 Å². The maximum absolute atomic E-state index is 10.1. The van der Waals surface area contributed by atoms with E-state index in [1.54, 1.807) is 0 Å². The molecule has 0 heterocycles. The molecule has 0 aliphatic carbocycles. The van der Waals surface area contributed by atoms with Crippen LogP contribution < -0.4 is 0 Å². The second kappa shape index (κ2) is 9.77. The molecule has 0 saturated carbocycles. The Bertz CT molecular complexity index is 128. The van der Waals surface area contributed by atoms with Crippen molar-refractivity contribution in [1.82, 2.24) is 4.90 Å². The van der Waals surface area contributed by atoms with E-state index >= 15 is 0 Å². The van der Waals surface area contributed by atoms with Gasteiger partial charge in [0.15, 0.2) is 0 Å². The first-order valence-electron chi connectivity index (χ1n) is 3.89. The lowest BCUT2D eigenvalue weighted by Gasteiger charge is -2.03. The summed E-state index contributed by atoms with van der Waals surface area (Å²) in [7, 11) is 6.00. The average molecular weight is 212 g/mol. The van der Waals surface area contributed by atoms with Gasteiger partial charge in [-0.25, -0.2) is 0 Å². The van der Waals surface area contributed by atoms with Gasteiger partial charge in [-0.3, -0.25) is 4.79 Å². The molecule has 4 nitrogen and oxygen atoms in total. The van der Waals surface area contributed by atoms with E-state index in [0.717, 1.165) is 0 Å². The van der Waals surface area contributed by atoms with E-state index in [2.05, 4.69) is 4.74 Å². The Morgan fingerprint density at radius 2 is 1.92 bits per heavy atom. The SMILES string of the molecule is CC(=O)OCC(Cl)CO.CN(C)C. The quantitative estimate of drug-likeness (QED) is 0.540. The van der Waals surface area contributed by atoms with Crippen LogP contribution in [-0.4, -0.2) is 55.7 Å². The van der Waals surface area contributed by atoms with Crippen LogP contribution >= 0.6 is 11.6 Å². The summed E-state index contributed by atoms with van der Waals surface area (Å²) in [5.41, 5.74) is 0. The zero-order valence-electron chi connectivity index (χ0n) is 8.58. The molecule has 0 aromatic rings. The van der Waals surface area contributed by atoms with Gasteiger partial charge < -0.3 is 14.7 Å². The molecule has 0 rings (SSSR count). The van der Waals surface area contributed by atoms with Gasteiger partial charge in [-0.1, -0.05) is 0 Å². The molecule has 0 aliphatic heterocycles. The third-order valence-electron chi connectivity index (χ3n) is 0.666. The minimum absolute atomic E-state index is 0.0768. The van der Waals surface area contributed by atoms with E-state index in [-0.39, 0.29) is 19.2 Å². The lowest BCUT2D eigenvalue weighted by atomic mass is 10.5. The Labute approximate surface area is 84.4 Å². The van der Waals surface area contributed by atoms with Gasteiger partial charge in [0.25, 0.3) is 0 Å². The highest BCUT2D eigenvalue weighted by molar-refractivity contribution is 6.20. The van der Waals surface area contributed by atoms with Crippen LogP contribution in [0, 0.1) is 0 Å². The van der Waals surface area contributed by atoms with Gasteiger partial charge in [0.05, 0.1) is 12.0 Å². The standard InChI is InChI=1S/C5H9ClO3.C3H9N/c1-4(8)9-3-5(6)2-7;1-4(2)3/h5,7H,2-3H2,1H3;1-3H3. The summed E-state index contributed by atoms with van der Waals surface area (Å²) in [5.74, 6) is -0.380. The Kier molecular flexibility index (Phi) is 11.4. The second-order valence-corrected chi connectivity index (χ2v) is 3.54. The Morgan fingerprint density at radius 3 is 2.15 bits per heavy atom. The number of alkyl halides is 1. The summed E-state index contributed by atoms with van der Waals surface area (Å²) in [5, 5.41) is 7.85. The van der Waals surface area contributed by atoms with Gasteiger partial charge in [-0.15, -0.1) is 11.6 Å². The maximum atomic E-state index is 10.1. The van der Waals surface area contributed by atoms with Crippen LogP contribution in [0.2, 0.25) is 0 Å². The minimum Gasteiger partial charge on any atom is -0.464 e. The molecule has 0 amide bonds. The third-order valence-corrected chi connectivity index (χ3v) is 0.930. The van der Waals surface area contributed by atoms with E-state index < -0.39 is 5.38 Å². The van der Waals surface area contributed by atoms with Crippen molar-refractivity contribution in [2.45, 2.75) is 12.3 Å². The van der Waals surface area contributed by atoms with Gasteiger partial charge in [0, 0.05) is 6.92 Å². The number of carbonyl (C=O) groups is 1. The van der Waals surface area contributed by atoms with Crippen molar-refractivity contribution >= 4 is 17.6 Å². The third kappa shape index (κ3) is 24.5. The van der Waals surface area contributed by atoms with Crippen LogP contribution in [-0.2, 0) is 9.53 Å². The van der Waals surface area contributed by atoms with E-state index in [1.807, 2.05) is 26.0 Å². The molecule has 0 radical (unpaired) electrons. The number of hydrogen-bond acceptors (Lipinski definition) is 4. The summed E-state index contributed by atoms with van der Waals surface area (Å²) in [6.07, 6.45) is 0. The second-order valence-electron chi connectivity index (χ2n) is 2.92. The van der Waals surface area contributed by atoms with Gasteiger partial charge in [0.2, 0.25) is 0 Å². The van der Waals surface area contributed by atoms with Crippen molar-refractivity contribution in [3.05, 3.63) is 0 Å². The normalized spacial score (nSPS) is 11.6. The summed E-state index contributed by atoms with van der Waals surface area (Å²) < 4.78 is 4.46. The molecule has 0 fully saturated rings. The number of ether oxygens (including phenoxy) is 1. The van der Waals surface area contributed by atoms with Gasteiger partial charge in [0.1, 0.15) is 6.61 Å². The van der Waals surface area contributed by atoms with Gasteiger partial charge >= 0.3 is 5.97 Å². The summed E-state index contributed by atoms with van der Waals surface area (Å²) in [6.45, 7) is 1.20. The van der Waals surface area contributed by atoms with Crippen LogP contribution in [0.5, 0.6) is 0 Å². The number of rotatable bonds is 3. The van der Waals surface area contributed by atoms with E-state index in [1.165, 1.54) is 6.92 Å². The number of aliphatic hydroxyl groups excluding tert-OH is 1. The molecule has 0 bridgehead atoms. The minimum atomic E-state index is -0.478. The van der Waals surface area contributed by atoms with Crippen molar-refractivity contribution in [2.24, 2.45) is 0 Å². The number of nitrogens with zero attached hydrogens (tertiary/aromatic N) is 1. The fourth-order valence-corrected chi connectivity index (χ4v) is 0.323. The van der Waals surface area contributed by atoms with Gasteiger partial charge in [-0.2, -0.15) is 0 Å². The molecular weight excluding hydrogens is 194 g/mol. The number of carbonyl (C=O) groups excluding carboxylic acids is 1. The lowest BCUT2D eigenvalue weighted by molar-refractivity contribution is -0.141. The Balaban J connectivity index is 0. The first-order chi connectivity index (χ1) is 5.90. The molecule has 0 aromatic carbocycles. The Hall–Kier alpha value is -0.320. The summed E-state index contributed by atoms with van der Waals surface area (Å²) in [6, 6.07) is 0. The van der Waals surface area contributed by atoms with Crippen LogP contribution in [0.15, 0.2) is 0 Å². The fourth-order valence-electron chi connectivity index (χ4n) is 0.260. The van der Waals surface area contributed by atoms with E-state index in [4.69, 9.17) is 16.7 Å². The number of hydrogen-bond donors (Lipinski definition) is 1. The predicted molar refractivity (Wildman–Crippen MR) is 53.0 cm³/mol. The van der Waals surface area contributed by atoms with Crippen LogP contribution in [0.4, 0.5) is 0 Å². The zero-order chi connectivity index (χ0) is 10.9. The molecule has 1 atom stereocenters. The monoisotopic (exact) mass is 211 g/mol. The van der Waals surface area contributed by atoms with Crippen molar-refractivity contribution in [3.63, 3.8) is 0 Å². The van der Waals surface area contributed by atoms with Crippen LogP contribution in [0.3, 0.4) is 0 Å². The van der Waals surface area contributed by atoms with Crippen molar-refractivity contribution in [3.8, 4) is 0 Å². The average Bonchev–Trinajstić information content (AvgIpc) is 1.99. The lowest BCUT2D eigenvalue weighted by Crippen LogP contribution is -2.15. The molecule has 1 N–H and O–H groups in total. The molecule has 0 aromatic heterocycles. The molecule has 80 valence electrons. The van der Waals surface area contributed by atoms with Crippen molar-refractivity contribution in [2.75, 3.05) is 34.4 Å². The summed E-state index contributed by atoms with van der Waals surface area (Å²) >= 11 is 5.38. The molecule has 5 heteroatoms. The van der Waals surface area contributed by atoms with Crippen molar-refractivity contribution < 1.29 is 14.6 Å². The smallest absolute Gasteiger partial charge is 0.302 e. The molecule has 0 aliphatic rings. The topological polar surface area (TPSA) is 49.8 Å². The molecular formula is C8H18ClNO3. The van der Waals surface area contributed by atoms with E-state index in [0.29, 0.717) is 0 Å². The molecule has 0 spiro atoms. The Morgan fingerprint density at radius 1 is 1.54 bits per heavy atom.